The number of phenolic OH excluding ortho intramolecular Hbond substituents is 1. The number of H-pyrrole nitrogens is 1. The van der Waals surface area contributed by atoms with E-state index in [0.29, 0.717) is 35.3 Å². The predicted octanol–water partition coefficient (Wildman–Crippen LogP) is 3.06. The number of primary amides is 1. The lowest BCUT2D eigenvalue weighted by molar-refractivity contribution is 0.106. The van der Waals surface area contributed by atoms with Crippen LogP contribution in [0.2, 0.25) is 0 Å². The molecule has 0 aliphatic rings. The molecule has 10 heteroatoms. The van der Waals surface area contributed by atoms with E-state index in [0.717, 1.165) is 57.5 Å². The van der Waals surface area contributed by atoms with Gasteiger partial charge in [-0.3, -0.25) is 9.69 Å². The molecule has 0 spiro atoms. The number of aromatic hydroxyl groups is 1. The molecule has 3 rings (SSSR count). The number of rotatable bonds is 16. The van der Waals surface area contributed by atoms with Crippen molar-refractivity contribution in [2.75, 3.05) is 45.2 Å². The SMILES string of the molecule is CN(CCOCCCCCCNC[C@@H](O)c1ccc(O)c2[nH]c(=O)ccc12)Cc1cccc(NC(N)=O)c1. The molecular weight excluding hydrogens is 486 g/mol. The Bertz CT molecular complexity index is 1230. The zero-order valence-corrected chi connectivity index (χ0v) is 21.9. The van der Waals surface area contributed by atoms with Crippen molar-refractivity contribution < 1.29 is 19.7 Å². The Morgan fingerprint density at radius 3 is 2.74 bits per heavy atom. The van der Waals surface area contributed by atoms with Crippen LogP contribution < -0.4 is 21.9 Å². The molecule has 7 N–H and O–H groups in total. The first-order valence-electron chi connectivity index (χ1n) is 13.0. The lowest BCUT2D eigenvalue weighted by Crippen LogP contribution is -2.23. The van der Waals surface area contributed by atoms with Crippen LogP contribution in [-0.4, -0.2) is 66.0 Å². The van der Waals surface area contributed by atoms with Gasteiger partial charge in [-0.2, -0.15) is 0 Å². The largest absolute Gasteiger partial charge is 0.506 e. The molecule has 0 aliphatic heterocycles. The third-order valence-corrected chi connectivity index (χ3v) is 6.26. The number of carbonyl (C=O) groups excluding carboxylic acids is 1. The van der Waals surface area contributed by atoms with Crippen LogP contribution in [-0.2, 0) is 11.3 Å². The monoisotopic (exact) mass is 525 g/mol. The second kappa shape index (κ2) is 15.1. The molecule has 38 heavy (non-hydrogen) atoms. The standard InChI is InChI=1S/C28H39N5O5/c1-33(19-20-7-6-8-21(17-20)31-28(29)37)14-16-38-15-5-3-2-4-13-30-18-25(35)22-9-11-24(34)27-23(22)10-12-26(36)32-27/h6-12,17,25,30,34-35H,2-5,13-16,18-19H2,1H3,(H,32,36)(H3,29,31,37)/t25-/m1/s1. The fourth-order valence-corrected chi connectivity index (χ4v) is 4.31. The average Bonchev–Trinajstić information content (AvgIpc) is 2.87. The van der Waals surface area contributed by atoms with Crippen LogP contribution >= 0.6 is 0 Å². The number of hydrogen-bond donors (Lipinski definition) is 6. The highest BCUT2D eigenvalue weighted by atomic mass is 16.5. The summed E-state index contributed by atoms with van der Waals surface area (Å²) in [5.41, 5.74) is 7.66. The van der Waals surface area contributed by atoms with Gasteiger partial charge < -0.3 is 36.3 Å². The number of fused-ring (bicyclic) bond motifs is 1. The van der Waals surface area contributed by atoms with Gasteiger partial charge in [-0.1, -0.05) is 31.0 Å². The number of aliphatic hydroxyl groups excluding tert-OH is 1. The molecule has 10 nitrogen and oxygen atoms in total. The van der Waals surface area contributed by atoms with Gasteiger partial charge in [0, 0.05) is 43.4 Å². The van der Waals surface area contributed by atoms with Gasteiger partial charge in [0.25, 0.3) is 0 Å². The molecule has 0 aliphatic carbocycles. The lowest BCUT2D eigenvalue weighted by atomic mass is 10.0. The van der Waals surface area contributed by atoms with Crippen molar-refractivity contribution in [3.8, 4) is 5.75 Å². The fraction of sp³-hybridized carbons (Fsp3) is 0.429. The second-order valence-electron chi connectivity index (χ2n) is 9.46. The van der Waals surface area contributed by atoms with E-state index in [1.54, 1.807) is 18.2 Å². The lowest BCUT2D eigenvalue weighted by Gasteiger charge is -2.17. The van der Waals surface area contributed by atoms with E-state index in [2.05, 4.69) is 20.5 Å². The maximum atomic E-state index is 11.5. The number of nitrogens with one attached hydrogen (secondary N) is 3. The van der Waals surface area contributed by atoms with Gasteiger partial charge in [0.2, 0.25) is 5.56 Å². The summed E-state index contributed by atoms with van der Waals surface area (Å²) >= 11 is 0. The van der Waals surface area contributed by atoms with Gasteiger partial charge in [0.1, 0.15) is 5.75 Å². The van der Waals surface area contributed by atoms with Gasteiger partial charge >= 0.3 is 6.03 Å². The third kappa shape index (κ3) is 9.46. The summed E-state index contributed by atoms with van der Waals surface area (Å²) in [6.07, 6.45) is 3.42. The molecule has 2 aromatic carbocycles. The maximum absolute atomic E-state index is 11.5. The molecule has 0 saturated carbocycles. The molecule has 0 radical (unpaired) electrons. The number of pyridine rings is 1. The van der Waals surface area contributed by atoms with E-state index in [1.165, 1.54) is 12.1 Å². The van der Waals surface area contributed by atoms with Gasteiger partial charge in [-0.15, -0.1) is 0 Å². The Balaban J connectivity index is 1.22. The minimum absolute atomic E-state index is 0.0145. The second-order valence-corrected chi connectivity index (χ2v) is 9.46. The number of phenols is 1. The summed E-state index contributed by atoms with van der Waals surface area (Å²) in [7, 11) is 2.03. The Hall–Kier alpha value is -3.44. The number of anilines is 1. The molecule has 1 heterocycles. The van der Waals surface area contributed by atoms with E-state index < -0.39 is 12.1 Å². The topological polar surface area (TPSA) is 153 Å². The summed E-state index contributed by atoms with van der Waals surface area (Å²) in [4.78, 5) is 27.3. The van der Waals surface area contributed by atoms with Gasteiger partial charge in [-0.25, -0.2) is 4.79 Å². The van der Waals surface area contributed by atoms with Crippen LogP contribution in [0, 0.1) is 0 Å². The number of amides is 2. The van der Waals surface area contributed by atoms with Crippen molar-refractivity contribution in [2.45, 2.75) is 38.3 Å². The first-order chi connectivity index (χ1) is 18.3. The molecule has 2 amide bonds. The average molecular weight is 526 g/mol. The van der Waals surface area contributed by atoms with Crippen LogP contribution in [0.3, 0.4) is 0 Å². The van der Waals surface area contributed by atoms with Gasteiger partial charge in [0.15, 0.2) is 0 Å². The number of ether oxygens (including phenoxy) is 1. The summed E-state index contributed by atoms with van der Waals surface area (Å²) in [6, 6.07) is 13.2. The number of benzene rings is 2. The quantitative estimate of drug-likeness (QED) is 0.157. The molecule has 0 saturated heterocycles. The van der Waals surface area contributed by atoms with Crippen molar-refractivity contribution in [2.24, 2.45) is 5.73 Å². The van der Waals surface area contributed by atoms with Crippen LogP contribution in [0.5, 0.6) is 5.75 Å². The molecule has 3 aromatic rings. The number of aromatic amines is 1. The zero-order chi connectivity index (χ0) is 27.3. The molecule has 1 aromatic heterocycles. The van der Waals surface area contributed by atoms with Crippen molar-refractivity contribution in [3.63, 3.8) is 0 Å². The van der Waals surface area contributed by atoms with Crippen molar-refractivity contribution in [1.82, 2.24) is 15.2 Å². The summed E-state index contributed by atoms with van der Waals surface area (Å²) in [5, 5.41) is 27.1. The van der Waals surface area contributed by atoms with E-state index in [4.69, 9.17) is 10.5 Å². The maximum Gasteiger partial charge on any atom is 0.316 e. The fourth-order valence-electron chi connectivity index (χ4n) is 4.31. The van der Waals surface area contributed by atoms with E-state index in [1.807, 2.05) is 25.2 Å². The van der Waals surface area contributed by atoms with Gasteiger partial charge in [-0.05, 0) is 61.8 Å². The molecule has 0 bridgehead atoms. The minimum Gasteiger partial charge on any atom is -0.506 e. The highest BCUT2D eigenvalue weighted by molar-refractivity contribution is 5.88. The Morgan fingerprint density at radius 1 is 1.11 bits per heavy atom. The molecule has 206 valence electrons. The number of nitrogens with zero attached hydrogens (tertiary/aromatic N) is 1. The summed E-state index contributed by atoms with van der Waals surface area (Å²) in [5.74, 6) is -0.0145. The van der Waals surface area contributed by atoms with Crippen molar-refractivity contribution in [1.29, 1.82) is 0 Å². The van der Waals surface area contributed by atoms with Crippen molar-refractivity contribution >= 4 is 22.6 Å². The van der Waals surface area contributed by atoms with Crippen LogP contribution in [0.1, 0.15) is 42.9 Å². The summed E-state index contributed by atoms with van der Waals surface area (Å²) in [6.45, 7) is 4.14. The number of aromatic nitrogens is 1. The number of hydrogen-bond acceptors (Lipinski definition) is 7. The van der Waals surface area contributed by atoms with Crippen molar-refractivity contribution in [3.05, 3.63) is 70.0 Å². The van der Waals surface area contributed by atoms with Crippen LogP contribution in [0.25, 0.3) is 10.9 Å². The molecule has 0 fully saturated rings. The first-order valence-corrected chi connectivity index (χ1v) is 13.0. The number of carbonyl (C=O) groups is 1. The number of urea groups is 1. The smallest absolute Gasteiger partial charge is 0.316 e. The third-order valence-electron chi connectivity index (χ3n) is 6.26. The minimum atomic E-state index is -0.744. The Labute approximate surface area is 222 Å². The van der Waals surface area contributed by atoms with E-state index >= 15 is 0 Å². The summed E-state index contributed by atoms with van der Waals surface area (Å²) < 4.78 is 5.77. The number of aliphatic hydroxyl groups is 1. The number of nitrogens with two attached hydrogens (primary N) is 1. The Morgan fingerprint density at radius 2 is 1.92 bits per heavy atom. The van der Waals surface area contributed by atoms with E-state index in [-0.39, 0.29) is 11.3 Å². The van der Waals surface area contributed by atoms with Crippen LogP contribution in [0.15, 0.2) is 53.3 Å². The number of unbranched alkanes of at least 4 members (excludes halogenated alkanes) is 3. The zero-order valence-electron chi connectivity index (χ0n) is 21.9. The molecule has 0 unspecified atom stereocenters. The highest BCUT2D eigenvalue weighted by Gasteiger charge is 2.13. The number of likely N-dealkylation sites (N-methyl/N-ethyl adjacent to an activating group) is 1. The van der Waals surface area contributed by atoms with E-state index in [9.17, 15) is 19.8 Å². The van der Waals surface area contributed by atoms with Gasteiger partial charge in [0.05, 0.1) is 18.2 Å². The normalized spacial score (nSPS) is 12.2. The molecular formula is C28H39N5O5. The predicted molar refractivity (Wildman–Crippen MR) is 149 cm³/mol. The first kappa shape index (κ1) is 29.1. The van der Waals surface area contributed by atoms with Crippen LogP contribution in [0.4, 0.5) is 10.5 Å². The highest BCUT2D eigenvalue weighted by Crippen LogP contribution is 2.28. The Kier molecular flexibility index (Phi) is 11.6. The molecule has 1 atom stereocenters.